The Morgan fingerprint density at radius 1 is 1.00 bits per heavy atom. The third-order valence-corrected chi connectivity index (χ3v) is 4.60. The Kier molecular flexibility index (Phi) is 3.36. The number of benzene rings is 2. The molecule has 0 saturated carbocycles. The lowest BCUT2D eigenvalue weighted by Gasteiger charge is -2.11. The molecule has 4 nitrogen and oxygen atoms in total. The van der Waals surface area contributed by atoms with E-state index in [4.69, 9.17) is 10.2 Å². The average Bonchev–Trinajstić information content (AvgIpc) is 2.84. The van der Waals surface area contributed by atoms with Gasteiger partial charge in [0.15, 0.2) is 0 Å². The molecule has 0 atom stereocenters. The fourth-order valence-corrected chi connectivity index (χ4v) is 3.21. The van der Waals surface area contributed by atoms with Crippen LogP contribution >= 0.6 is 0 Å². The van der Waals surface area contributed by atoms with Crippen LogP contribution in [0.3, 0.4) is 0 Å². The van der Waals surface area contributed by atoms with Crippen LogP contribution in [0, 0.1) is 11.3 Å². The molecule has 0 unspecified atom stereocenters. The second-order valence-corrected chi connectivity index (χ2v) is 6.13. The van der Waals surface area contributed by atoms with Crippen LogP contribution < -0.4 is 0 Å². The van der Waals surface area contributed by atoms with Gasteiger partial charge >= 0.3 is 0 Å². The zero-order chi connectivity index (χ0) is 15.8. The van der Waals surface area contributed by atoms with Crippen molar-refractivity contribution in [2.75, 3.05) is 20.1 Å². The molecule has 4 rings (SSSR count). The molecule has 2 heterocycles. The second kappa shape index (κ2) is 5.53. The molecule has 0 radical (unpaired) electrons. The van der Waals surface area contributed by atoms with Crippen molar-refractivity contribution >= 4 is 11.0 Å². The van der Waals surface area contributed by atoms with Gasteiger partial charge in [-0.15, -0.1) is 0 Å². The molecule has 1 aliphatic heterocycles. The SMILES string of the molecule is CN1CCc2nc3cc(-c4ccc(C#N)cc4)ccc3n2CC1. The van der Waals surface area contributed by atoms with Gasteiger partial charge in [0.2, 0.25) is 0 Å². The summed E-state index contributed by atoms with van der Waals surface area (Å²) in [4.78, 5) is 7.20. The molecule has 1 aliphatic rings. The average molecular weight is 302 g/mol. The third-order valence-electron chi connectivity index (χ3n) is 4.60. The van der Waals surface area contributed by atoms with Crippen LogP contribution in [0.4, 0.5) is 0 Å². The first-order valence-electron chi connectivity index (χ1n) is 7.93. The summed E-state index contributed by atoms with van der Waals surface area (Å²) < 4.78 is 2.35. The Balaban J connectivity index is 1.76. The molecule has 0 amide bonds. The van der Waals surface area contributed by atoms with Crippen LogP contribution in [0.15, 0.2) is 42.5 Å². The molecule has 114 valence electrons. The highest BCUT2D eigenvalue weighted by Crippen LogP contribution is 2.26. The van der Waals surface area contributed by atoms with Gasteiger partial charge in [-0.2, -0.15) is 5.26 Å². The summed E-state index contributed by atoms with van der Waals surface area (Å²) in [6.07, 6.45) is 0.997. The number of nitrogens with zero attached hydrogens (tertiary/aromatic N) is 4. The van der Waals surface area contributed by atoms with E-state index in [2.05, 4.69) is 40.8 Å². The molecule has 0 N–H and O–H groups in total. The maximum Gasteiger partial charge on any atom is 0.111 e. The monoisotopic (exact) mass is 302 g/mol. The fourth-order valence-electron chi connectivity index (χ4n) is 3.21. The number of aromatic nitrogens is 2. The molecule has 0 aliphatic carbocycles. The zero-order valence-corrected chi connectivity index (χ0v) is 13.2. The summed E-state index contributed by atoms with van der Waals surface area (Å²) >= 11 is 0. The molecule has 0 bridgehead atoms. The second-order valence-electron chi connectivity index (χ2n) is 6.13. The van der Waals surface area contributed by atoms with E-state index in [0.717, 1.165) is 42.7 Å². The number of nitriles is 1. The molecular formula is C19H18N4. The topological polar surface area (TPSA) is 44.9 Å². The summed E-state index contributed by atoms with van der Waals surface area (Å²) in [6.45, 7) is 3.13. The molecule has 4 heteroatoms. The maximum absolute atomic E-state index is 8.91. The lowest BCUT2D eigenvalue weighted by molar-refractivity contribution is 0.342. The normalized spacial score (nSPS) is 15.1. The zero-order valence-electron chi connectivity index (χ0n) is 13.2. The summed E-state index contributed by atoms with van der Waals surface area (Å²) in [7, 11) is 2.16. The van der Waals surface area contributed by atoms with Gasteiger partial charge in [-0.05, 0) is 42.4 Å². The van der Waals surface area contributed by atoms with E-state index >= 15 is 0 Å². The van der Waals surface area contributed by atoms with E-state index < -0.39 is 0 Å². The summed E-state index contributed by atoms with van der Waals surface area (Å²) in [5.41, 5.74) is 5.23. The quantitative estimate of drug-likeness (QED) is 0.694. The predicted molar refractivity (Wildman–Crippen MR) is 91.1 cm³/mol. The van der Waals surface area contributed by atoms with Crippen molar-refractivity contribution in [2.45, 2.75) is 13.0 Å². The van der Waals surface area contributed by atoms with E-state index in [-0.39, 0.29) is 0 Å². The first-order chi connectivity index (χ1) is 11.2. The van der Waals surface area contributed by atoms with Crippen molar-refractivity contribution in [3.63, 3.8) is 0 Å². The van der Waals surface area contributed by atoms with Crippen LogP contribution in [0.25, 0.3) is 22.2 Å². The molecule has 2 aromatic carbocycles. The van der Waals surface area contributed by atoms with Gasteiger partial charge in [0, 0.05) is 26.1 Å². The summed E-state index contributed by atoms with van der Waals surface area (Å²) in [6, 6.07) is 16.3. The van der Waals surface area contributed by atoms with E-state index in [0.29, 0.717) is 5.56 Å². The number of likely N-dealkylation sites (N-methyl/N-ethyl adjacent to an activating group) is 1. The minimum Gasteiger partial charge on any atom is -0.327 e. The maximum atomic E-state index is 8.91. The molecule has 0 spiro atoms. The molecule has 3 aromatic rings. The highest BCUT2D eigenvalue weighted by atomic mass is 15.2. The summed E-state index contributed by atoms with van der Waals surface area (Å²) in [5.74, 6) is 1.18. The van der Waals surface area contributed by atoms with Crippen molar-refractivity contribution < 1.29 is 0 Å². The smallest absolute Gasteiger partial charge is 0.111 e. The molecule has 0 fully saturated rings. The number of hydrogen-bond donors (Lipinski definition) is 0. The fraction of sp³-hybridized carbons (Fsp3) is 0.263. The highest BCUT2D eigenvalue weighted by Gasteiger charge is 2.15. The van der Waals surface area contributed by atoms with Crippen molar-refractivity contribution in [2.24, 2.45) is 0 Å². The molecule has 1 aromatic heterocycles. The number of hydrogen-bond acceptors (Lipinski definition) is 3. The predicted octanol–water partition coefficient (Wildman–Crippen LogP) is 3.06. The van der Waals surface area contributed by atoms with Crippen LogP contribution in [-0.2, 0) is 13.0 Å². The van der Waals surface area contributed by atoms with E-state index in [1.807, 2.05) is 24.3 Å². The van der Waals surface area contributed by atoms with Gasteiger partial charge in [-0.1, -0.05) is 18.2 Å². The van der Waals surface area contributed by atoms with E-state index in [9.17, 15) is 0 Å². The van der Waals surface area contributed by atoms with Gasteiger partial charge < -0.3 is 9.47 Å². The number of fused-ring (bicyclic) bond motifs is 3. The van der Waals surface area contributed by atoms with E-state index in [1.165, 1.54) is 11.3 Å². The minimum atomic E-state index is 0.688. The van der Waals surface area contributed by atoms with Gasteiger partial charge in [0.05, 0.1) is 22.7 Å². The number of rotatable bonds is 1. The van der Waals surface area contributed by atoms with Crippen LogP contribution in [0.5, 0.6) is 0 Å². The lowest BCUT2D eigenvalue weighted by atomic mass is 10.0. The Hall–Kier alpha value is -2.64. The summed E-state index contributed by atoms with van der Waals surface area (Å²) in [5, 5.41) is 8.91. The Morgan fingerprint density at radius 3 is 2.57 bits per heavy atom. The minimum absolute atomic E-state index is 0.688. The van der Waals surface area contributed by atoms with Crippen molar-refractivity contribution in [1.29, 1.82) is 5.26 Å². The van der Waals surface area contributed by atoms with Crippen molar-refractivity contribution in [1.82, 2.24) is 14.5 Å². The molecule has 0 saturated heterocycles. The largest absolute Gasteiger partial charge is 0.327 e. The van der Waals surface area contributed by atoms with Gasteiger partial charge in [-0.25, -0.2) is 4.98 Å². The molecule has 23 heavy (non-hydrogen) atoms. The van der Waals surface area contributed by atoms with Gasteiger partial charge in [-0.3, -0.25) is 0 Å². The standard InChI is InChI=1S/C19H18N4/c1-22-9-8-19-21-17-12-16(6-7-18(17)23(19)11-10-22)15-4-2-14(13-20)3-5-15/h2-7,12H,8-11H2,1H3. The molecular weight excluding hydrogens is 284 g/mol. The Labute approximate surface area is 135 Å². The van der Waals surface area contributed by atoms with E-state index in [1.54, 1.807) is 0 Å². The lowest BCUT2D eigenvalue weighted by Crippen LogP contribution is -2.21. The number of imidazole rings is 1. The van der Waals surface area contributed by atoms with Crippen LogP contribution in [0.1, 0.15) is 11.4 Å². The van der Waals surface area contributed by atoms with Crippen LogP contribution in [-0.4, -0.2) is 34.6 Å². The Bertz CT molecular complexity index is 900. The Morgan fingerprint density at radius 2 is 1.78 bits per heavy atom. The van der Waals surface area contributed by atoms with Crippen molar-refractivity contribution in [3.05, 3.63) is 53.9 Å². The highest BCUT2D eigenvalue weighted by molar-refractivity contribution is 5.82. The van der Waals surface area contributed by atoms with Gasteiger partial charge in [0.1, 0.15) is 5.82 Å². The van der Waals surface area contributed by atoms with Crippen molar-refractivity contribution in [3.8, 4) is 17.2 Å². The van der Waals surface area contributed by atoms with Crippen LogP contribution in [0.2, 0.25) is 0 Å². The first-order valence-corrected chi connectivity index (χ1v) is 7.93. The van der Waals surface area contributed by atoms with Gasteiger partial charge in [0.25, 0.3) is 0 Å². The first kappa shape index (κ1) is 14.0. The third kappa shape index (κ3) is 2.49.